The Kier molecular flexibility index (Phi) is 8.85. The van der Waals surface area contributed by atoms with Crippen LogP contribution in [0.2, 0.25) is 0 Å². The minimum absolute atomic E-state index is 0.209. The van der Waals surface area contributed by atoms with Gasteiger partial charge in [-0.1, -0.05) is 6.92 Å². The van der Waals surface area contributed by atoms with E-state index in [-0.39, 0.29) is 12.6 Å². The van der Waals surface area contributed by atoms with Crippen LogP contribution in [0.3, 0.4) is 0 Å². The number of carboxylic acids is 1. The predicted octanol–water partition coefficient (Wildman–Crippen LogP) is 1.21. The lowest BCUT2D eigenvalue weighted by Gasteiger charge is -2.19. The molecule has 15 heavy (non-hydrogen) atoms. The first-order valence-electron chi connectivity index (χ1n) is 5.17. The van der Waals surface area contributed by atoms with Gasteiger partial charge in [-0.05, 0) is 24.9 Å². The summed E-state index contributed by atoms with van der Waals surface area (Å²) in [5, 5.41) is 11.9. The zero-order valence-electron chi connectivity index (χ0n) is 9.66. The molecule has 0 aromatic heterocycles. The van der Waals surface area contributed by atoms with Crippen molar-refractivity contribution < 1.29 is 14.6 Å². The third kappa shape index (κ3) is 7.64. The number of carbonyl (C=O) groups is 1. The molecule has 0 aliphatic heterocycles. The Labute approximate surface area is 95.8 Å². The van der Waals surface area contributed by atoms with Crippen molar-refractivity contribution >= 4 is 17.7 Å². The standard InChI is InChI=1S/C10H21NO3S/c1-4-15-6-5-8(2)11-9(7-14-3)10(12)13/h8-9,11H,4-7H2,1-3H3,(H,12,13). The smallest absolute Gasteiger partial charge is 0.323 e. The van der Waals surface area contributed by atoms with E-state index in [1.807, 2.05) is 18.7 Å². The number of nitrogens with one attached hydrogen (secondary N) is 1. The highest BCUT2D eigenvalue weighted by atomic mass is 32.2. The van der Waals surface area contributed by atoms with Crippen LogP contribution >= 0.6 is 11.8 Å². The molecule has 0 spiro atoms. The van der Waals surface area contributed by atoms with Gasteiger partial charge >= 0.3 is 5.97 Å². The van der Waals surface area contributed by atoms with Crippen molar-refractivity contribution in [2.75, 3.05) is 25.2 Å². The number of ether oxygens (including phenoxy) is 1. The van der Waals surface area contributed by atoms with E-state index in [4.69, 9.17) is 9.84 Å². The van der Waals surface area contributed by atoms with Crippen LogP contribution in [0.1, 0.15) is 20.3 Å². The van der Waals surface area contributed by atoms with Crippen LogP contribution in [-0.4, -0.2) is 48.4 Å². The molecule has 0 bridgehead atoms. The number of rotatable bonds is 9. The molecule has 0 aliphatic carbocycles. The van der Waals surface area contributed by atoms with E-state index < -0.39 is 12.0 Å². The van der Waals surface area contributed by atoms with Gasteiger partial charge in [0.2, 0.25) is 0 Å². The molecule has 4 nitrogen and oxygen atoms in total. The summed E-state index contributed by atoms with van der Waals surface area (Å²) in [6.45, 7) is 4.33. The van der Waals surface area contributed by atoms with Gasteiger partial charge < -0.3 is 9.84 Å². The van der Waals surface area contributed by atoms with Crippen LogP contribution < -0.4 is 5.32 Å². The number of aliphatic carboxylic acids is 1. The van der Waals surface area contributed by atoms with Gasteiger partial charge in [-0.3, -0.25) is 10.1 Å². The largest absolute Gasteiger partial charge is 0.480 e. The third-order valence-corrected chi connectivity index (χ3v) is 2.95. The maximum atomic E-state index is 10.8. The van der Waals surface area contributed by atoms with Gasteiger partial charge in [-0.25, -0.2) is 0 Å². The fourth-order valence-corrected chi connectivity index (χ4v) is 2.00. The first-order valence-corrected chi connectivity index (χ1v) is 6.32. The van der Waals surface area contributed by atoms with E-state index >= 15 is 0 Å². The summed E-state index contributed by atoms with van der Waals surface area (Å²) in [5.74, 6) is 1.31. The van der Waals surface area contributed by atoms with Gasteiger partial charge in [-0.15, -0.1) is 0 Å². The van der Waals surface area contributed by atoms with E-state index in [1.54, 1.807) is 0 Å². The van der Waals surface area contributed by atoms with Crippen LogP contribution in [0.4, 0.5) is 0 Å². The zero-order chi connectivity index (χ0) is 11.7. The molecular formula is C10H21NO3S. The fourth-order valence-electron chi connectivity index (χ4n) is 1.19. The van der Waals surface area contributed by atoms with Crippen molar-refractivity contribution in [2.45, 2.75) is 32.4 Å². The van der Waals surface area contributed by atoms with E-state index in [1.165, 1.54) is 7.11 Å². The van der Waals surface area contributed by atoms with Gasteiger partial charge in [0, 0.05) is 13.2 Å². The molecule has 0 aliphatic rings. The minimum Gasteiger partial charge on any atom is -0.480 e. The lowest BCUT2D eigenvalue weighted by molar-refractivity contribution is -0.141. The van der Waals surface area contributed by atoms with E-state index in [0.29, 0.717) is 0 Å². The Bertz CT molecular complexity index is 178. The van der Waals surface area contributed by atoms with Crippen LogP contribution in [-0.2, 0) is 9.53 Å². The molecule has 0 amide bonds. The van der Waals surface area contributed by atoms with Gasteiger partial charge in [-0.2, -0.15) is 11.8 Å². The number of hydrogen-bond donors (Lipinski definition) is 2. The normalized spacial score (nSPS) is 14.9. The SMILES string of the molecule is CCSCCC(C)NC(COC)C(=O)O. The molecule has 2 atom stereocenters. The quantitative estimate of drug-likeness (QED) is 0.588. The fraction of sp³-hybridized carbons (Fsp3) is 0.900. The lowest BCUT2D eigenvalue weighted by atomic mass is 10.2. The first kappa shape index (κ1) is 14.7. The van der Waals surface area contributed by atoms with Crippen LogP contribution in [0, 0.1) is 0 Å². The molecule has 90 valence electrons. The summed E-state index contributed by atoms with van der Waals surface area (Å²) in [5.41, 5.74) is 0. The maximum absolute atomic E-state index is 10.8. The summed E-state index contributed by atoms with van der Waals surface area (Å²) < 4.78 is 4.84. The van der Waals surface area contributed by atoms with Crippen molar-refractivity contribution in [3.8, 4) is 0 Å². The Hall–Kier alpha value is -0.260. The van der Waals surface area contributed by atoms with Crippen LogP contribution in [0.25, 0.3) is 0 Å². The van der Waals surface area contributed by atoms with Crippen molar-refractivity contribution in [1.82, 2.24) is 5.32 Å². The molecule has 0 aromatic carbocycles. The summed E-state index contributed by atoms with van der Waals surface area (Å²) in [4.78, 5) is 10.8. The highest BCUT2D eigenvalue weighted by Crippen LogP contribution is 2.04. The molecule has 0 saturated carbocycles. The van der Waals surface area contributed by atoms with E-state index in [0.717, 1.165) is 17.9 Å². The maximum Gasteiger partial charge on any atom is 0.323 e. The molecule has 0 saturated heterocycles. The second-order valence-corrected chi connectivity index (χ2v) is 4.79. The van der Waals surface area contributed by atoms with Crippen molar-refractivity contribution in [3.63, 3.8) is 0 Å². The Balaban J connectivity index is 3.78. The Morgan fingerprint density at radius 1 is 1.60 bits per heavy atom. The van der Waals surface area contributed by atoms with Gasteiger partial charge in [0.05, 0.1) is 6.61 Å². The predicted molar refractivity (Wildman–Crippen MR) is 63.5 cm³/mol. The summed E-state index contributed by atoms with van der Waals surface area (Å²) >= 11 is 1.87. The average Bonchev–Trinajstić information content (AvgIpc) is 2.17. The Morgan fingerprint density at radius 2 is 2.27 bits per heavy atom. The van der Waals surface area contributed by atoms with Crippen molar-refractivity contribution in [1.29, 1.82) is 0 Å². The Morgan fingerprint density at radius 3 is 2.73 bits per heavy atom. The molecule has 2 N–H and O–H groups in total. The topological polar surface area (TPSA) is 58.6 Å². The van der Waals surface area contributed by atoms with Gasteiger partial charge in [0.25, 0.3) is 0 Å². The molecule has 0 rings (SSSR count). The summed E-state index contributed by atoms with van der Waals surface area (Å²) in [7, 11) is 1.51. The molecule has 0 aromatic rings. The number of hydrogen-bond acceptors (Lipinski definition) is 4. The average molecular weight is 235 g/mol. The second-order valence-electron chi connectivity index (χ2n) is 3.40. The molecular weight excluding hydrogens is 214 g/mol. The third-order valence-electron chi connectivity index (χ3n) is 2.02. The lowest BCUT2D eigenvalue weighted by Crippen LogP contribution is -2.45. The van der Waals surface area contributed by atoms with E-state index in [9.17, 15) is 4.79 Å². The van der Waals surface area contributed by atoms with Gasteiger partial charge in [0.1, 0.15) is 6.04 Å². The van der Waals surface area contributed by atoms with Crippen molar-refractivity contribution in [3.05, 3.63) is 0 Å². The first-order chi connectivity index (χ1) is 7.11. The molecule has 5 heteroatoms. The van der Waals surface area contributed by atoms with Crippen LogP contribution in [0.15, 0.2) is 0 Å². The second kappa shape index (κ2) is 9.00. The van der Waals surface area contributed by atoms with Gasteiger partial charge in [0.15, 0.2) is 0 Å². The van der Waals surface area contributed by atoms with E-state index in [2.05, 4.69) is 12.2 Å². The highest BCUT2D eigenvalue weighted by molar-refractivity contribution is 7.99. The zero-order valence-corrected chi connectivity index (χ0v) is 10.5. The summed E-state index contributed by atoms with van der Waals surface area (Å²) in [6, 6.07) is -0.392. The molecule has 0 fully saturated rings. The van der Waals surface area contributed by atoms with Crippen molar-refractivity contribution in [2.24, 2.45) is 0 Å². The number of methoxy groups -OCH3 is 1. The monoisotopic (exact) mass is 235 g/mol. The highest BCUT2D eigenvalue weighted by Gasteiger charge is 2.18. The minimum atomic E-state index is -0.855. The molecule has 0 radical (unpaired) electrons. The molecule has 2 unspecified atom stereocenters. The molecule has 0 heterocycles. The number of thioether (sulfide) groups is 1. The summed E-state index contributed by atoms with van der Waals surface area (Å²) in [6.07, 6.45) is 0.978. The number of carboxylic acid groups (broad SMARTS) is 1. The van der Waals surface area contributed by atoms with Crippen LogP contribution in [0.5, 0.6) is 0 Å².